The van der Waals surface area contributed by atoms with Crippen molar-refractivity contribution < 1.29 is 31.4 Å². The van der Waals surface area contributed by atoms with Crippen LogP contribution in [0, 0.1) is 11.3 Å². The molecular weight excluding hydrogens is 394 g/mol. The molecule has 0 saturated carbocycles. The third kappa shape index (κ3) is 3.80. The van der Waals surface area contributed by atoms with E-state index in [0.717, 1.165) is 18.3 Å². The third-order valence-electron chi connectivity index (χ3n) is 4.30. The Morgan fingerprint density at radius 2 is 2.00 bits per heavy atom. The van der Waals surface area contributed by atoms with Gasteiger partial charge in [0.1, 0.15) is 12.3 Å². The highest BCUT2D eigenvalue weighted by Crippen LogP contribution is 2.46. The fourth-order valence-electron chi connectivity index (χ4n) is 3.14. The summed E-state index contributed by atoms with van der Waals surface area (Å²) in [5.41, 5.74) is -5.31. The van der Waals surface area contributed by atoms with Gasteiger partial charge >= 0.3 is 5.51 Å². The van der Waals surface area contributed by atoms with E-state index in [4.69, 9.17) is 5.26 Å². The van der Waals surface area contributed by atoms with Gasteiger partial charge < -0.3 is 9.67 Å². The standard InChI is InChI=1S/C17H12F6N2OS/c18-11-3-4-12-14(15(11)26)13(27-17(21,22)23)7-25(12)9-2-1-8(6-24)10(5-9)16(19)20/h1-2,5,7,11,15-16,26H,3-4H2. The number of hydrogen-bond acceptors (Lipinski definition) is 3. The molecule has 0 aliphatic heterocycles. The number of alkyl halides is 6. The van der Waals surface area contributed by atoms with Crippen molar-refractivity contribution in [3.05, 3.63) is 46.8 Å². The van der Waals surface area contributed by atoms with Crippen LogP contribution < -0.4 is 0 Å². The average Bonchev–Trinajstić information content (AvgIpc) is 2.94. The number of rotatable bonds is 3. The zero-order chi connectivity index (χ0) is 19.9. The van der Waals surface area contributed by atoms with Gasteiger partial charge in [-0.2, -0.15) is 18.4 Å². The van der Waals surface area contributed by atoms with E-state index in [2.05, 4.69) is 0 Å². The van der Waals surface area contributed by atoms with Crippen LogP contribution in [0.2, 0.25) is 0 Å². The van der Waals surface area contributed by atoms with Crippen LogP contribution in [0.4, 0.5) is 26.3 Å². The van der Waals surface area contributed by atoms with Gasteiger partial charge in [0.25, 0.3) is 6.43 Å². The highest BCUT2D eigenvalue weighted by Gasteiger charge is 2.38. The van der Waals surface area contributed by atoms with Gasteiger partial charge in [-0.05, 0) is 42.8 Å². The Kier molecular flexibility index (Phi) is 5.18. The first kappa shape index (κ1) is 19.6. The molecule has 0 spiro atoms. The normalized spacial score (nSPS) is 19.8. The minimum Gasteiger partial charge on any atom is -0.385 e. The molecule has 2 aromatic rings. The molecule has 1 N–H and O–H groups in total. The van der Waals surface area contributed by atoms with Gasteiger partial charge in [-0.1, -0.05) is 0 Å². The number of hydrogen-bond donors (Lipinski definition) is 1. The monoisotopic (exact) mass is 406 g/mol. The van der Waals surface area contributed by atoms with E-state index < -0.39 is 41.5 Å². The number of nitriles is 1. The molecule has 144 valence electrons. The van der Waals surface area contributed by atoms with Gasteiger partial charge in [-0.15, -0.1) is 0 Å². The molecule has 1 aliphatic carbocycles. The van der Waals surface area contributed by atoms with Crippen LogP contribution in [0.1, 0.15) is 41.3 Å². The number of aliphatic hydroxyl groups is 1. The Bertz CT molecular complexity index is 902. The first-order chi connectivity index (χ1) is 12.6. The van der Waals surface area contributed by atoms with Gasteiger partial charge in [-0.25, -0.2) is 13.2 Å². The zero-order valence-electron chi connectivity index (χ0n) is 13.5. The molecule has 1 aromatic carbocycles. The molecule has 2 atom stereocenters. The maximum atomic E-state index is 13.9. The van der Waals surface area contributed by atoms with Crippen LogP contribution in [0.15, 0.2) is 29.3 Å². The highest BCUT2D eigenvalue weighted by atomic mass is 32.2. The lowest BCUT2D eigenvalue weighted by atomic mass is 9.93. The molecule has 1 heterocycles. The third-order valence-corrected chi connectivity index (χ3v) is 5.08. The average molecular weight is 406 g/mol. The second-order valence-electron chi connectivity index (χ2n) is 5.96. The molecule has 10 heteroatoms. The van der Waals surface area contributed by atoms with E-state index in [-0.39, 0.29) is 40.2 Å². The lowest BCUT2D eigenvalue weighted by Gasteiger charge is -2.24. The van der Waals surface area contributed by atoms with Gasteiger partial charge in [0, 0.05) is 33.6 Å². The number of nitrogens with zero attached hydrogens (tertiary/aromatic N) is 2. The number of benzene rings is 1. The Morgan fingerprint density at radius 1 is 1.30 bits per heavy atom. The van der Waals surface area contributed by atoms with Crippen LogP contribution >= 0.6 is 11.8 Å². The van der Waals surface area contributed by atoms with E-state index >= 15 is 0 Å². The molecule has 0 amide bonds. The first-order valence-corrected chi connectivity index (χ1v) is 8.58. The maximum Gasteiger partial charge on any atom is 0.446 e. The number of thioether (sulfide) groups is 1. The maximum absolute atomic E-state index is 13.9. The first-order valence-electron chi connectivity index (χ1n) is 7.77. The van der Waals surface area contributed by atoms with E-state index in [1.807, 2.05) is 0 Å². The molecular formula is C17H12F6N2OS. The van der Waals surface area contributed by atoms with Gasteiger partial charge in [0.05, 0.1) is 11.6 Å². The van der Waals surface area contributed by atoms with Crippen LogP contribution in [0.25, 0.3) is 5.69 Å². The predicted molar refractivity (Wildman–Crippen MR) is 85.5 cm³/mol. The fraction of sp³-hybridized carbons (Fsp3) is 0.353. The zero-order valence-corrected chi connectivity index (χ0v) is 14.3. The molecule has 0 fully saturated rings. The summed E-state index contributed by atoms with van der Waals surface area (Å²) in [5, 5.41) is 19.0. The Labute approximate surface area is 154 Å². The van der Waals surface area contributed by atoms with Crippen molar-refractivity contribution in [1.29, 1.82) is 5.26 Å². The van der Waals surface area contributed by atoms with Crippen molar-refractivity contribution in [3.63, 3.8) is 0 Å². The molecule has 27 heavy (non-hydrogen) atoms. The largest absolute Gasteiger partial charge is 0.446 e. The summed E-state index contributed by atoms with van der Waals surface area (Å²) in [7, 11) is 0. The summed E-state index contributed by atoms with van der Waals surface area (Å²) in [6.07, 6.45) is -5.40. The van der Waals surface area contributed by atoms with E-state index in [9.17, 15) is 31.4 Å². The minimum absolute atomic E-state index is 0.0377. The summed E-state index contributed by atoms with van der Waals surface area (Å²) >= 11 is -0.493. The molecule has 3 rings (SSSR count). The molecule has 2 unspecified atom stereocenters. The van der Waals surface area contributed by atoms with Crippen molar-refractivity contribution in [2.45, 2.75) is 41.9 Å². The van der Waals surface area contributed by atoms with Crippen LogP contribution in [0.3, 0.4) is 0 Å². The Morgan fingerprint density at radius 3 is 2.59 bits per heavy atom. The van der Waals surface area contributed by atoms with Crippen LogP contribution in [0.5, 0.6) is 0 Å². The van der Waals surface area contributed by atoms with Crippen molar-refractivity contribution in [3.8, 4) is 11.8 Å². The summed E-state index contributed by atoms with van der Waals surface area (Å²) in [6.45, 7) is 0. The lowest BCUT2D eigenvalue weighted by Crippen LogP contribution is -2.22. The smallest absolute Gasteiger partial charge is 0.385 e. The van der Waals surface area contributed by atoms with E-state index in [1.54, 1.807) is 6.07 Å². The van der Waals surface area contributed by atoms with E-state index in [1.165, 1.54) is 10.6 Å². The van der Waals surface area contributed by atoms with Crippen molar-refractivity contribution in [2.75, 3.05) is 0 Å². The quantitative estimate of drug-likeness (QED) is 0.562. The van der Waals surface area contributed by atoms with E-state index in [0.29, 0.717) is 0 Å². The molecule has 0 saturated heterocycles. The Hall–Kier alpha value is -2.12. The summed E-state index contributed by atoms with van der Waals surface area (Å²) in [5.74, 6) is 0. The number of fused-ring (bicyclic) bond motifs is 1. The lowest BCUT2D eigenvalue weighted by molar-refractivity contribution is -0.0329. The number of aliphatic hydroxyl groups excluding tert-OH is 1. The molecule has 3 nitrogen and oxygen atoms in total. The minimum atomic E-state index is -4.66. The highest BCUT2D eigenvalue weighted by molar-refractivity contribution is 8.00. The Balaban J connectivity index is 2.17. The molecule has 1 aromatic heterocycles. The van der Waals surface area contributed by atoms with Gasteiger partial charge in [0.15, 0.2) is 0 Å². The SMILES string of the molecule is N#Cc1ccc(-n2cc(SC(F)(F)F)c3c2CCC(F)C3O)cc1C(F)F. The topological polar surface area (TPSA) is 49.0 Å². The van der Waals surface area contributed by atoms with Crippen molar-refractivity contribution in [1.82, 2.24) is 4.57 Å². The second-order valence-corrected chi connectivity index (χ2v) is 7.06. The predicted octanol–water partition coefficient (Wildman–Crippen LogP) is 5.22. The van der Waals surface area contributed by atoms with Crippen molar-refractivity contribution in [2.24, 2.45) is 0 Å². The second kappa shape index (κ2) is 7.13. The fourth-order valence-corrected chi connectivity index (χ4v) is 3.90. The van der Waals surface area contributed by atoms with Crippen LogP contribution in [-0.4, -0.2) is 21.4 Å². The summed E-state index contributed by atoms with van der Waals surface area (Å²) < 4.78 is 80.1. The van der Waals surface area contributed by atoms with Gasteiger partial charge in [0.2, 0.25) is 0 Å². The molecule has 0 bridgehead atoms. The van der Waals surface area contributed by atoms with Crippen LogP contribution in [-0.2, 0) is 6.42 Å². The van der Waals surface area contributed by atoms with Crippen molar-refractivity contribution >= 4 is 11.8 Å². The summed E-state index contributed by atoms with van der Waals surface area (Å²) in [4.78, 5) is -0.379. The molecule has 0 radical (unpaired) electrons. The number of aromatic nitrogens is 1. The summed E-state index contributed by atoms with van der Waals surface area (Å²) in [6, 6.07) is 5.12. The number of halogens is 6. The molecule has 1 aliphatic rings. The van der Waals surface area contributed by atoms with Gasteiger partial charge in [-0.3, -0.25) is 0 Å².